The minimum atomic E-state index is -0.518. The van der Waals surface area contributed by atoms with Crippen LogP contribution in [-0.2, 0) is 5.41 Å². The molecule has 1 atom stereocenters. The van der Waals surface area contributed by atoms with Gasteiger partial charge in [-0.05, 0) is 85.1 Å². The number of rotatable bonds is 4. The van der Waals surface area contributed by atoms with Crippen molar-refractivity contribution in [3.63, 3.8) is 0 Å². The lowest BCUT2D eigenvalue weighted by Gasteiger charge is -2.30. The van der Waals surface area contributed by atoms with E-state index < -0.39 is 5.41 Å². The Labute approximate surface area is 325 Å². The number of fused-ring (bicyclic) bond motifs is 13. The summed E-state index contributed by atoms with van der Waals surface area (Å²) in [5.74, 6) is 0.974. The molecule has 8 aromatic carbocycles. The molecule has 10 aromatic rings. The maximum Gasteiger partial charge on any atom is 0.140 e. The van der Waals surface area contributed by atoms with E-state index in [4.69, 9.17) is 9.40 Å². The summed E-state index contributed by atoms with van der Waals surface area (Å²) in [6.45, 7) is 0. The first kappa shape index (κ1) is 31.1. The van der Waals surface area contributed by atoms with Crippen molar-refractivity contribution < 1.29 is 4.42 Å². The van der Waals surface area contributed by atoms with Crippen molar-refractivity contribution in [2.24, 2.45) is 0 Å². The van der Waals surface area contributed by atoms with Gasteiger partial charge in [-0.15, -0.1) is 0 Å². The first-order chi connectivity index (χ1) is 27.8. The molecule has 0 radical (unpaired) electrons. The molecule has 0 fully saturated rings. The third-order valence-corrected chi connectivity index (χ3v) is 12.1. The fourth-order valence-electron chi connectivity index (χ4n) is 9.77. The Balaban J connectivity index is 1.12. The zero-order valence-corrected chi connectivity index (χ0v) is 30.4. The van der Waals surface area contributed by atoms with Gasteiger partial charge in [0.25, 0.3) is 0 Å². The summed E-state index contributed by atoms with van der Waals surface area (Å²) in [7, 11) is 0. The zero-order chi connectivity index (χ0) is 36.8. The van der Waals surface area contributed by atoms with Crippen LogP contribution in [0.4, 0.5) is 0 Å². The lowest BCUT2D eigenvalue weighted by atomic mass is 9.70. The highest BCUT2D eigenvalue weighted by molar-refractivity contribution is 6.05. The first-order valence-corrected chi connectivity index (χ1v) is 19.3. The van der Waals surface area contributed by atoms with E-state index in [-0.39, 0.29) is 0 Å². The van der Waals surface area contributed by atoms with Crippen molar-refractivity contribution >= 4 is 21.7 Å². The second-order valence-electron chi connectivity index (χ2n) is 15.0. The molecule has 2 heteroatoms. The molecule has 0 bridgehead atoms. The summed E-state index contributed by atoms with van der Waals surface area (Å²) in [6, 6.07) is 72.5. The van der Waals surface area contributed by atoms with Gasteiger partial charge in [0.05, 0.1) is 16.8 Å². The van der Waals surface area contributed by atoms with Crippen molar-refractivity contribution in [3.05, 3.63) is 222 Å². The number of furan rings is 1. The fraction of sp³-hybridized carbons (Fsp3) is 0.0185. The van der Waals surface area contributed by atoms with Gasteiger partial charge in [0, 0.05) is 27.6 Å². The van der Waals surface area contributed by atoms with Crippen LogP contribution in [0.3, 0.4) is 0 Å². The molecule has 2 aromatic heterocycles. The molecule has 12 rings (SSSR count). The number of benzene rings is 8. The predicted molar refractivity (Wildman–Crippen MR) is 230 cm³/mol. The molecule has 1 unspecified atom stereocenters. The van der Waals surface area contributed by atoms with Crippen LogP contribution in [0.25, 0.3) is 89.0 Å². The fourth-order valence-corrected chi connectivity index (χ4v) is 9.77. The van der Waals surface area contributed by atoms with Crippen LogP contribution in [-0.4, -0.2) is 4.98 Å². The van der Waals surface area contributed by atoms with Gasteiger partial charge in [-0.2, -0.15) is 0 Å². The SMILES string of the molecule is c1ccc(-c2cc(-c3ccccc3-c3cccc4c3-c3ccccc3C43c4ccccc4-c4oc5ccccc5c43)cc(-c3ccc4ccccc4c3)n2)cc1. The van der Waals surface area contributed by atoms with Crippen molar-refractivity contribution in [3.8, 4) is 67.2 Å². The van der Waals surface area contributed by atoms with Gasteiger partial charge in [-0.3, -0.25) is 0 Å². The van der Waals surface area contributed by atoms with Crippen LogP contribution < -0.4 is 0 Å². The van der Waals surface area contributed by atoms with Crippen molar-refractivity contribution in [1.29, 1.82) is 0 Å². The van der Waals surface area contributed by atoms with Gasteiger partial charge in [0.15, 0.2) is 0 Å². The molecule has 0 N–H and O–H groups in total. The number of hydrogen-bond donors (Lipinski definition) is 0. The average molecular weight is 712 g/mol. The van der Waals surface area contributed by atoms with E-state index in [0.717, 1.165) is 39.4 Å². The molecule has 2 aliphatic rings. The quantitative estimate of drug-likeness (QED) is 0.182. The monoisotopic (exact) mass is 711 g/mol. The summed E-state index contributed by atoms with van der Waals surface area (Å²) < 4.78 is 6.76. The van der Waals surface area contributed by atoms with Gasteiger partial charge < -0.3 is 4.42 Å². The predicted octanol–water partition coefficient (Wildman–Crippen LogP) is 14.0. The second-order valence-corrected chi connectivity index (χ2v) is 15.0. The smallest absolute Gasteiger partial charge is 0.140 e. The van der Waals surface area contributed by atoms with Crippen molar-refractivity contribution in [2.45, 2.75) is 5.41 Å². The van der Waals surface area contributed by atoms with Gasteiger partial charge in [-0.25, -0.2) is 4.98 Å². The topological polar surface area (TPSA) is 26.0 Å². The number of nitrogens with zero attached hydrogens (tertiary/aromatic N) is 1. The Morgan fingerprint density at radius 1 is 0.375 bits per heavy atom. The molecule has 56 heavy (non-hydrogen) atoms. The zero-order valence-electron chi connectivity index (χ0n) is 30.4. The van der Waals surface area contributed by atoms with E-state index in [9.17, 15) is 0 Å². The number of hydrogen-bond acceptors (Lipinski definition) is 2. The van der Waals surface area contributed by atoms with E-state index in [1.54, 1.807) is 0 Å². The van der Waals surface area contributed by atoms with E-state index in [1.165, 1.54) is 71.8 Å². The maximum absolute atomic E-state index is 6.76. The third-order valence-electron chi connectivity index (χ3n) is 12.1. The van der Waals surface area contributed by atoms with Gasteiger partial charge in [0.1, 0.15) is 11.3 Å². The van der Waals surface area contributed by atoms with Crippen LogP contribution in [0.5, 0.6) is 0 Å². The molecule has 0 aliphatic heterocycles. The third kappa shape index (κ3) is 4.30. The Hall–Kier alpha value is -7.29. The Morgan fingerprint density at radius 3 is 1.82 bits per heavy atom. The van der Waals surface area contributed by atoms with E-state index in [0.29, 0.717) is 0 Å². The summed E-state index contributed by atoms with van der Waals surface area (Å²) in [5.41, 5.74) is 18.0. The molecular formula is C54H33NO. The van der Waals surface area contributed by atoms with E-state index in [1.807, 2.05) is 0 Å². The van der Waals surface area contributed by atoms with Crippen LogP contribution in [0, 0.1) is 0 Å². The summed E-state index contributed by atoms with van der Waals surface area (Å²) in [5, 5.41) is 3.59. The van der Waals surface area contributed by atoms with Gasteiger partial charge in [0.2, 0.25) is 0 Å². The molecule has 0 saturated heterocycles. The van der Waals surface area contributed by atoms with Crippen LogP contribution >= 0.6 is 0 Å². The highest BCUT2D eigenvalue weighted by Gasteiger charge is 2.54. The molecule has 260 valence electrons. The molecular weight excluding hydrogens is 679 g/mol. The average Bonchev–Trinajstić information content (AvgIpc) is 3.90. The largest absolute Gasteiger partial charge is 0.456 e. The first-order valence-electron chi connectivity index (χ1n) is 19.3. The van der Waals surface area contributed by atoms with E-state index >= 15 is 0 Å². The summed E-state index contributed by atoms with van der Waals surface area (Å²) in [6.07, 6.45) is 0. The highest BCUT2D eigenvalue weighted by Crippen LogP contribution is 2.66. The Bertz CT molecular complexity index is 3210. The van der Waals surface area contributed by atoms with Crippen LogP contribution in [0.1, 0.15) is 22.3 Å². The molecule has 2 aliphatic carbocycles. The molecule has 0 saturated carbocycles. The minimum absolute atomic E-state index is 0.518. The summed E-state index contributed by atoms with van der Waals surface area (Å²) in [4.78, 5) is 5.30. The number of para-hydroxylation sites is 1. The molecule has 2 nitrogen and oxygen atoms in total. The lowest BCUT2D eigenvalue weighted by Crippen LogP contribution is -2.25. The van der Waals surface area contributed by atoms with Crippen molar-refractivity contribution in [2.75, 3.05) is 0 Å². The number of pyridine rings is 1. The standard InChI is InChI=1S/C54H33NO/c1-2-16-35(17-3-1)48-32-38(33-49(55-48)37-30-29-34-15-4-5-18-36(34)31-37)39-19-6-7-20-40(39)41-24-14-27-47-51(41)42-21-8-11-25-45(42)54(47)46-26-12-9-22-43(46)53-52(54)44-23-10-13-28-50(44)56-53/h1-33H. The normalized spacial score (nSPS) is 14.9. The lowest BCUT2D eigenvalue weighted by molar-refractivity contribution is 0.628. The van der Waals surface area contributed by atoms with Crippen molar-refractivity contribution in [1.82, 2.24) is 4.98 Å². The van der Waals surface area contributed by atoms with Crippen LogP contribution in [0.15, 0.2) is 205 Å². The molecule has 0 amide bonds. The minimum Gasteiger partial charge on any atom is -0.456 e. The maximum atomic E-state index is 6.76. The Morgan fingerprint density at radius 2 is 0.982 bits per heavy atom. The van der Waals surface area contributed by atoms with Crippen LogP contribution in [0.2, 0.25) is 0 Å². The Kier molecular flexibility index (Phi) is 6.58. The molecule has 2 heterocycles. The van der Waals surface area contributed by atoms with E-state index in [2.05, 4.69) is 200 Å². The number of aromatic nitrogens is 1. The summed E-state index contributed by atoms with van der Waals surface area (Å²) >= 11 is 0. The molecule has 1 spiro atoms. The highest BCUT2D eigenvalue weighted by atomic mass is 16.3. The second kappa shape index (κ2) is 11.9. The van der Waals surface area contributed by atoms with Gasteiger partial charge in [-0.1, -0.05) is 176 Å². The van der Waals surface area contributed by atoms with Gasteiger partial charge >= 0.3 is 0 Å².